The number of fused-ring (bicyclic) bond motifs is 1. The summed E-state index contributed by atoms with van der Waals surface area (Å²) in [5, 5.41) is 0. The van der Waals surface area contributed by atoms with Crippen molar-refractivity contribution in [1.82, 2.24) is 19.5 Å². The molecule has 0 bridgehead atoms. The Bertz CT molecular complexity index is 1010. The second-order valence-electron chi connectivity index (χ2n) is 6.83. The Morgan fingerprint density at radius 1 is 1.30 bits per heavy atom. The van der Waals surface area contributed by atoms with E-state index in [-0.39, 0.29) is 0 Å². The van der Waals surface area contributed by atoms with Crippen LogP contribution in [0.2, 0.25) is 0 Å². The molecular formula is C19H20FN7. The molecule has 1 fully saturated rings. The highest BCUT2D eigenvalue weighted by Gasteiger charge is 2.29. The molecule has 1 aliphatic rings. The molecule has 3 aromatic heterocycles. The zero-order chi connectivity index (χ0) is 19.0. The Hall–Kier alpha value is -3.05. The number of hydrogen-bond acceptors (Lipinski definition) is 5. The molecule has 1 saturated heterocycles. The summed E-state index contributed by atoms with van der Waals surface area (Å²) in [5.41, 5.74) is 9.69. The van der Waals surface area contributed by atoms with E-state index in [2.05, 4.69) is 14.8 Å². The topological polar surface area (TPSA) is 77.2 Å². The summed E-state index contributed by atoms with van der Waals surface area (Å²) >= 11 is 0. The number of imidazole rings is 1. The summed E-state index contributed by atoms with van der Waals surface area (Å²) in [6.07, 6.45) is 0.960. The van der Waals surface area contributed by atoms with Crippen LogP contribution in [0, 0.1) is 13.5 Å². The molecule has 4 heterocycles. The van der Waals surface area contributed by atoms with Crippen LogP contribution < -0.4 is 10.6 Å². The molecule has 0 saturated carbocycles. The lowest BCUT2D eigenvalue weighted by Gasteiger charge is -2.34. The molecule has 138 valence electrons. The van der Waals surface area contributed by atoms with Gasteiger partial charge >= 0.3 is 0 Å². The fourth-order valence-electron chi connectivity index (χ4n) is 3.34. The number of halogens is 1. The lowest BCUT2D eigenvalue weighted by Crippen LogP contribution is -2.50. The fraction of sp³-hybridized carbons (Fsp3) is 0.368. The van der Waals surface area contributed by atoms with Gasteiger partial charge in [0.2, 0.25) is 11.6 Å². The van der Waals surface area contributed by atoms with E-state index >= 15 is 0 Å². The van der Waals surface area contributed by atoms with Gasteiger partial charge in [0.15, 0.2) is 5.65 Å². The average molecular weight is 365 g/mol. The number of rotatable bonds is 3. The van der Waals surface area contributed by atoms with Crippen LogP contribution in [0.1, 0.15) is 17.8 Å². The molecule has 2 N–H and O–H groups in total. The molecule has 0 spiro atoms. The zero-order valence-corrected chi connectivity index (χ0v) is 15.0. The summed E-state index contributed by atoms with van der Waals surface area (Å²) in [6, 6.07) is 6.91. The van der Waals surface area contributed by atoms with Crippen LogP contribution >= 0.6 is 0 Å². The van der Waals surface area contributed by atoms with Crippen molar-refractivity contribution >= 4 is 22.8 Å². The molecule has 7 nitrogen and oxygen atoms in total. The number of piperidine rings is 1. The number of hydrogen-bond donors (Lipinski definition) is 1. The number of aromatic nitrogens is 4. The van der Waals surface area contributed by atoms with Crippen LogP contribution in [-0.2, 0) is 6.54 Å². The van der Waals surface area contributed by atoms with E-state index in [4.69, 9.17) is 17.3 Å². The molecule has 0 aromatic carbocycles. The standard InChI is InChI=1S/C19H20FN7/c1-12-3-6-17-18(24-12)27(10-14-5-4-13(22-2)9-23-14)19(25-17)26-8-7-15(20)16(21)11-26/h3-6,9,15-16H,7-8,10-11,21H2,1H3/t15-,16-/m1/s1. The Kier molecular flexibility index (Phi) is 4.46. The van der Waals surface area contributed by atoms with E-state index in [1.54, 1.807) is 12.3 Å². The quantitative estimate of drug-likeness (QED) is 0.722. The third kappa shape index (κ3) is 3.34. The Morgan fingerprint density at radius 3 is 2.85 bits per heavy atom. The van der Waals surface area contributed by atoms with Crippen LogP contribution in [-0.4, -0.2) is 44.8 Å². The third-order valence-electron chi connectivity index (χ3n) is 4.82. The van der Waals surface area contributed by atoms with Gasteiger partial charge in [-0.1, -0.05) is 6.07 Å². The predicted octanol–water partition coefficient (Wildman–Crippen LogP) is 2.61. The highest BCUT2D eigenvalue weighted by molar-refractivity contribution is 5.75. The maximum absolute atomic E-state index is 13.8. The lowest BCUT2D eigenvalue weighted by molar-refractivity contribution is 0.243. The van der Waals surface area contributed by atoms with Crippen molar-refractivity contribution < 1.29 is 4.39 Å². The van der Waals surface area contributed by atoms with E-state index in [1.165, 1.54) is 0 Å². The molecule has 27 heavy (non-hydrogen) atoms. The first-order valence-electron chi connectivity index (χ1n) is 8.86. The number of pyridine rings is 2. The van der Waals surface area contributed by atoms with Gasteiger partial charge in [-0.15, -0.1) is 0 Å². The maximum atomic E-state index is 13.8. The van der Waals surface area contributed by atoms with Gasteiger partial charge in [0.1, 0.15) is 11.7 Å². The molecular weight excluding hydrogens is 345 g/mol. The van der Waals surface area contributed by atoms with Gasteiger partial charge in [0.05, 0.1) is 24.9 Å². The van der Waals surface area contributed by atoms with Crippen LogP contribution in [0.25, 0.3) is 16.0 Å². The zero-order valence-electron chi connectivity index (χ0n) is 15.0. The highest BCUT2D eigenvalue weighted by atomic mass is 19.1. The first kappa shape index (κ1) is 17.4. The molecule has 1 aliphatic heterocycles. The van der Waals surface area contributed by atoms with Crippen LogP contribution in [0.4, 0.5) is 16.0 Å². The smallest absolute Gasteiger partial charge is 0.208 e. The summed E-state index contributed by atoms with van der Waals surface area (Å²) in [7, 11) is 0. The summed E-state index contributed by atoms with van der Waals surface area (Å²) < 4.78 is 15.8. The van der Waals surface area contributed by atoms with E-state index in [1.807, 2.05) is 34.6 Å². The van der Waals surface area contributed by atoms with Crippen LogP contribution in [0.3, 0.4) is 0 Å². The van der Waals surface area contributed by atoms with Crippen molar-refractivity contribution in [2.45, 2.75) is 32.1 Å². The van der Waals surface area contributed by atoms with Crippen molar-refractivity contribution in [3.05, 3.63) is 53.3 Å². The molecule has 3 aromatic rings. The van der Waals surface area contributed by atoms with Gasteiger partial charge in [-0.2, -0.15) is 0 Å². The second-order valence-corrected chi connectivity index (χ2v) is 6.83. The van der Waals surface area contributed by atoms with Gasteiger partial charge in [-0.05, 0) is 31.5 Å². The first-order chi connectivity index (χ1) is 13.0. The number of alkyl halides is 1. The molecule has 4 rings (SSSR count). The SMILES string of the molecule is [C-]#[N+]c1ccc(Cn2c(N3CC[C@@H](F)[C@H](N)C3)nc3ccc(C)nc32)nc1. The van der Waals surface area contributed by atoms with Gasteiger partial charge in [-0.3, -0.25) is 9.55 Å². The molecule has 0 radical (unpaired) electrons. The van der Waals surface area contributed by atoms with Crippen molar-refractivity contribution in [2.75, 3.05) is 18.0 Å². The monoisotopic (exact) mass is 365 g/mol. The molecule has 0 unspecified atom stereocenters. The molecule has 0 aliphatic carbocycles. The number of nitrogens with two attached hydrogens (primary N) is 1. The molecule has 0 amide bonds. The predicted molar refractivity (Wildman–Crippen MR) is 102 cm³/mol. The Labute approximate surface area is 156 Å². The van der Waals surface area contributed by atoms with Crippen molar-refractivity contribution in [2.24, 2.45) is 5.73 Å². The normalized spacial score (nSPS) is 20.0. The minimum atomic E-state index is -0.984. The van der Waals surface area contributed by atoms with Crippen molar-refractivity contribution in [3.63, 3.8) is 0 Å². The first-order valence-corrected chi connectivity index (χ1v) is 8.86. The van der Waals surface area contributed by atoms with E-state index < -0.39 is 12.2 Å². The van der Waals surface area contributed by atoms with Crippen LogP contribution in [0.5, 0.6) is 0 Å². The van der Waals surface area contributed by atoms with Gasteiger partial charge in [0.25, 0.3) is 0 Å². The molecule has 2 atom stereocenters. The lowest BCUT2D eigenvalue weighted by atomic mass is 10.1. The summed E-state index contributed by atoms with van der Waals surface area (Å²) in [4.78, 5) is 19.2. The van der Waals surface area contributed by atoms with Crippen molar-refractivity contribution in [3.8, 4) is 0 Å². The minimum Gasteiger partial charge on any atom is -0.340 e. The molecule has 8 heteroatoms. The average Bonchev–Trinajstić information content (AvgIpc) is 3.02. The third-order valence-corrected chi connectivity index (χ3v) is 4.82. The Morgan fingerprint density at radius 2 is 2.15 bits per heavy atom. The van der Waals surface area contributed by atoms with Gasteiger partial charge in [-0.25, -0.2) is 19.2 Å². The summed E-state index contributed by atoms with van der Waals surface area (Å²) in [6.45, 7) is 10.4. The largest absolute Gasteiger partial charge is 0.340 e. The van der Waals surface area contributed by atoms with Gasteiger partial charge in [0, 0.05) is 25.0 Å². The fourth-order valence-corrected chi connectivity index (χ4v) is 3.34. The maximum Gasteiger partial charge on any atom is 0.208 e. The number of aryl methyl sites for hydroxylation is 1. The number of anilines is 1. The Balaban J connectivity index is 1.76. The second kappa shape index (κ2) is 6.93. The summed E-state index contributed by atoms with van der Waals surface area (Å²) in [5.74, 6) is 0.724. The van der Waals surface area contributed by atoms with E-state index in [0.29, 0.717) is 31.7 Å². The minimum absolute atomic E-state index is 0.384. The van der Waals surface area contributed by atoms with Gasteiger partial charge < -0.3 is 10.6 Å². The van der Waals surface area contributed by atoms with Crippen molar-refractivity contribution in [1.29, 1.82) is 0 Å². The van der Waals surface area contributed by atoms with E-state index in [9.17, 15) is 4.39 Å². The van der Waals surface area contributed by atoms with Crippen LogP contribution in [0.15, 0.2) is 30.5 Å². The number of nitrogens with zero attached hydrogens (tertiary/aromatic N) is 6. The van der Waals surface area contributed by atoms with E-state index in [0.717, 1.165) is 28.5 Å². The highest BCUT2D eigenvalue weighted by Crippen LogP contribution is 2.26.